The molecule has 0 spiro atoms. The summed E-state index contributed by atoms with van der Waals surface area (Å²) in [6, 6.07) is 3.62. The van der Waals surface area contributed by atoms with E-state index in [9.17, 15) is 14.7 Å². The lowest BCUT2D eigenvalue weighted by molar-refractivity contribution is -0.123. The minimum absolute atomic E-state index is 0.147. The fourth-order valence-electron chi connectivity index (χ4n) is 5.21. The lowest BCUT2D eigenvalue weighted by Gasteiger charge is -2.27. The van der Waals surface area contributed by atoms with Crippen LogP contribution in [-0.2, 0) is 11.2 Å². The highest BCUT2D eigenvalue weighted by Crippen LogP contribution is 2.33. The number of aromatic carboxylic acids is 1. The molecule has 0 aliphatic heterocycles. The second kappa shape index (κ2) is 11.3. The molecule has 2 N–H and O–H groups in total. The molecule has 2 aliphatic rings. The fraction of sp³-hybridized carbons (Fsp3) is 0.750. The Labute approximate surface area is 178 Å². The maximum absolute atomic E-state index is 12.6. The van der Waals surface area contributed by atoms with Crippen molar-refractivity contribution in [3.63, 3.8) is 0 Å². The van der Waals surface area contributed by atoms with Crippen LogP contribution in [0.15, 0.2) is 12.1 Å². The number of carbonyl (C=O) groups is 2. The van der Waals surface area contributed by atoms with E-state index in [-0.39, 0.29) is 12.0 Å². The number of hydrogen-bond acceptors (Lipinski definition) is 4. The molecule has 0 amide bonds. The van der Waals surface area contributed by atoms with Gasteiger partial charge in [0.1, 0.15) is 10.7 Å². The van der Waals surface area contributed by atoms with E-state index < -0.39 is 5.97 Å². The van der Waals surface area contributed by atoms with Crippen LogP contribution in [-0.4, -0.2) is 28.1 Å². The van der Waals surface area contributed by atoms with Crippen molar-refractivity contribution >= 4 is 23.1 Å². The van der Waals surface area contributed by atoms with Crippen LogP contribution < -0.4 is 0 Å². The number of aryl methyl sites for hydroxylation is 1. The van der Waals surface area contributed by atoms with Crippen molar-refractivity contribution in [1.82, 2.24) is 0 Å². The van der Waals surface area contributed by atoms with Crippen molar-refractivity contribution in [3.05, 3.63) is 21.9 Å². The second-order valence-corrected chi connectivity index (χ2v) is 10.3. The van der Waals surface area contributed by atoms with Crippen LogP contribution in [0.25, 0.3) is 0 Å². The molecule has 162 valence electrons. The van der Waals surface area contributed by atoms with Crippen molar-refractivity contribution in [2.45, 2.75) is 96.0 Å². The maximum atomic E-state index is 12.6. The molecule has 0 aromatic carbocycles. The summed E-state index contributed by atoms with van der Waals surface area (Å²) in [5.41, 5.74) is 0. The first-order valence-corrected chi connectivity index (χ1v) is 12.4. The molecule has 3 atom stereocenters. The van der Waals surface area contributed by atoms with Crippen molar-refractivity contribution in [3.8, 4) is 0 Å². The van der Waals surface area contributed by atoms with E-state index in [4.69, 9.17) is 5.11 Å². The number of aliphatic hydroxyl groups excluding tert-OH is 1. The highest BCUT2D eigenvalue weighted by atomic mass is 32.1. The van der Waals surface area contributed by atoms with Crippen molar-refractivity contribution in [1.29, 1.82) is 0 Å². The van der Waals surface area contributed by atoms with Gasteiger partial charge in [-0.25, -0.2) is 4.79 Å². The zero-order valence-electron chi connectivity index (χ0n) is 17.5. The number of rotatable bonds is 9. The Morgan fingerprint density at radius 2 is 1.86 bits per heavy atom. The summed E-state index contributed by atoms with van der Waals surface area (Å²) in [7, 11) is 0. The van der Waals surface area contributed by atoms with Crippen LogP contribution in [0.3, 0.4) is 0 Å². The SMILES string of the molecule is O=C(O)c1ccc(CCCC2CCC(=O)C(CCC(O)C3CCCCC3)CC2)s1. The van der Waals surface area contributed by atoms with Gasteiger partial charge in [0.2, 0.25) is 0 Å². The average molecular weight is 421 g/mol. The number of carboxylic acid groups (broad SMARTS) is 1. The number of aliphatic hydroxyl groups is 1. The Balaban J connectivity index is 1.37. The first kappa shape index (κ1) is 22.5. The minimum Gasteiger partial charge on any atom is -0.477 e. The predicted molar refractivity (Wildman–Crippen MR) is 116 cm³/mol. The van der Waals surface area contributed by atoms with E-state index in [2.05, 4.69) is 0 Å². The molecule has 2 fully saturated rings. The van der Waals surface area contributed by atoms with Gasteiger partial charge in [-0.3, -0.25) is 4.79 Å². The second-order valence-electron chi connectivity index (χ2n) is 9.15. The lowest BCUT2D eigenvalue weighted by Crippen LogP contribution is -2.24. The molecule has 2 saturated carbocycles. The number of hydrogen-bond donors (Lipinski definition) is 2. The van der Waals surface area contributed by atoms with Crippen LogP contribution in [0.4, 0.5) is 0 Å². The van der Waals surface area contributed by atoms with Gasteiger partial charge in [0.05, 0.1) is 6.10 Å². The van der Waals surface area contributed by atoms with Crippen molar-refractivity contribution < 1.29 is 19.8 Å². The molecule has 0 bridgehead atoms. The molecule has 0 saturated heterocycles. The Kier molecular flexibility index (Phi) is 8.73. The van der Waals surface area contributed by atoms with Crippen LogP contribution in [0.2, 0.25) is 0 Å². The number of thiophene rings is 1. The Bertz CT molecular complexity index is 662. The molecular weight excluding hydrogens is 384 g/mol. The molecule has 0 radical (unpaired) electrons. The topological polar surface area (TPSA) is 74.6 Å². The van der Waals surface area contributed by atoms with Gasteiger partial charge >= 0.3 is 5.97 Å². The molecule has 5 heteroatoms. The zero-order valence-corrected chi connectivity index (χ0v) is 18.3. The number of carboxylic acids is 1. The van der Waals surface area contributed by atoms with E-state index >= 15 is 0 Å². The minimum atomic E-state index is -0.844. The van der Waals surface area contributed by atoms with Gasteiger partial charge in [0.25, 0.3) is 0 Å². The Morgan fingerprint density at radius 3 is 2.59 bits per heavy atom. The third-order valence-electron chi connectivity index (χ3n) is 7.09. The van der Waals surface area contributed by atoms with E-state index in [1.807, 2.05) is 6.07 Å². The fourth-order valence-corrected chi connectivity index (χ4v) is 6.09. The van der Waals surface area contributed by atoms with E-state index in [0.717, 1.165) is 69.1 Å². The van der Waals surface area contributed by atoms with Gasteiger partial charge in [-0.05, 0) is 81.8 Å². The normalized spacial score (nSPS) is 24.9. The van der Waals surface area contributed by atoms with Crippen LogP contribution >= 0.6 is 11.3 Å². The number of Topliss-reactive ketones (excluding diaryl/α,β-unsaturated/α-hetero) is 1. The first-order valence-electron chi connectivity index (χ1n) is 11.6. The summed E-state index contributed by atoms with van der Waals surface area (Å²) in [5.74, 6) is 0.770. The molecule has 1 aromatic heterocycles. The van der Waals surface area contributed by atoms with Gasteiger partial charge < -0.3 is 10.2 Å². The monoisotopic (exact) mass is 420 g/mol. The predicted octanol–water partition coefficient (Wildman–Crippen LogP) is 5.87. The van der Waals surface area contributed by atoms with Crippen LogP contribution in [0, 0.1) is 17.8 Å². The maximum Gasteiger partial charge on any atom is 0.345 e. The van der Waals surface area contributed by atoms with Gasteiger partial charge in [-0.1, -0.05) is 25.7 Å². The summed E-state index contributed by atoms with van der Waals surface area (Å²) < 4.78 is 0. The third-order valence-corrected chi connectivity index (χ3v) is 8.22. The number of carbonyl (C=O) groups excluding carboxylic acids is 1. The summed E-state index contributed by atoms with van der Waals surface area (Å²) in [6.45, 7) is 0. The molecule has 3 rings (SSSR count). The van der Waals surface area contributed by atoms with Gasteiger partial charge in [-0.2, -0.15) is 0 Å². The lowest BCUT2D eigenvalue weighted by atomic mass is 9.82. The Hall–Kier alpha value is -1.20. The first-order chi connectivity index (χ1) is 14.0. The largest absolute Gasteiger partial charge is 0.477 e. The highest BCUT2D eigenvalue weighted by Gasteiger charge is 2.28. The molecular formula is C24H36O4S. The third kappa shape index (κ3) is 6.92. The van der Waals surface area contributed by atoms with E-state index in [1.54, 1.807) is 6.07 Å². The molecule has 1 heterocycles. The van der Waals surface area contributed by atoms with Crippen molar-refractivity contribution in [2.24, 2.45) is 17.8 Å². The molecule has 29 heavy (non-hydrogen) atoms. The summed E-state index contributed by atoms with van der Waals surface area (Å²) in [5, 5.41) is 19.5. The zero-order chi connectivity index (χ0) is 20.6. The van der Waals surface area contributed by atoms with Gasteiger partial charge in [-0.15, -0.1) is 11.3 Å². The van der Waals surface area contributed by atoms with Gasteiger partial charge in [0, 0.05) is 17.2 Å². The average Bonchev–Trinajstić information content (AvgIpc) is 3.13. The number of ketones is 1. The molecule has 1 aromatic rings. The van der Waals surface area contributed by atoms with E-state index in [1.165, 1.54) is 30.6 Å². The molecule has 4 nitrogen and oxygen atoms in total. The Morgan fingerprint density at radius 1 is 1.07 bits per heavy atom. The molecule has 2 aliphatic carbocycles. The summed E-state index contributed by atoms with van der Waals surface area (Å²) in [4.78, 5) is 25.1. The van der Waals surface area contributed by atoms with Crippen LogP contribution in [0.1, 0.15) is 98.0 Å². The van der Waals surface area contributed by atoms with Crippen molar-refractivity contribution in [2.75, 3.05) is 0 Å². The van der Waals surface area contributed by atoms with Gasteiger partial charge in [0.15, 0.2) is 0 Å². The quantitative estimate of drug-likeness (QED) is 0.490. The van der Waals surface area contributed by atoms with Crippen LogP contribution in [0.5, 0.6) is 0 Å². The van der Waals surface area contributed by atoms with E-state index in [0.29, 0.717) is 28.9 Å². The summed E-state index contributed by atoms with van der Waals surface area (Å²) >= 11 is 1.38. The highest BCUT2D eigenvalue weighted by molar-refractivity contribution is 7.13. The summed E-state index contributed by atoms with van der Waals surface area (Å²) in [6.07, 6.45) is 14.4. The smallest absolute Gasteiger partial charge is 0.345 e. The standard InChI is InChI=1S/C24H36O4S/c25-21-14-10-17(5-4-8-20-13-16-23(29-20)24(27)28)9-11-19(21)12-15-22(26)18-6-2-1-3-7-18/h13,16-19,22,26H,1-12,14-15H2,(H,27,28). The molecule has 3 unspecified atom stereocenters.